The molecule has 1 N–H and O–H groups in total. The maximum atomic E-state index is 13.4. The molecule has 1 heterocycles. The van der Waals surface area contributed by atoms with Gasteiger partial charge in [0, 0.05) is 13.0 Å². The number of fused-ring (bicyclic) bond motifs is 1. The van der Waals surface area contributed by atoms with E-state index in [9.17, 15) is 26.4 Å². The van der Waals surface area contributed by atoms with Gasteiger partial charge in [0.25, 0.3) is 5.56 Å². The Bertz CT molecular complexity index is 1560. The van der Waals surface area contributed by atoms with Crippen LogP contribution in [0.1, 0.15) is 22.5 Å². The first kappa shape index (κ1) is 24.6. The number of aromatic nitrogens is 2. The van der Waals surface area contributed by atoms with Crippen LogP contribution in [-0.2, 0) is 22.6 Å². The fourth-order valence-electron chi connectivity index (χ4n) is 3.85. The summed E-state index contributed by atoms with van der Waals surface area (Å²) in [6.45, 7) is 3.70. The predicted octanol–water partition coefficient (Wildman–Crippen LogP) is 4.54. The zero-order chi connectivity index (χ0) is 25.4. The number of hydrogen-bond acceptors (Lipinski definition) is 4. The first-order chi connectivity index (χ1) is 16.5. The lowest BCUT2D eigenvalue weighted by molar-refractivity contribution is -0.137. The van der Waals surface area contributed by atoms with E-state index in [-0.39, 0.29) is 23.4 Å². The summed E-state index contributed by atoms with van der Waals surface area (Å²) in [6, 6.07) is 15.8. The zero-order valence-electron chi connectivity index (χ0n) is 18.9. The third kappa shape index (κ3) is 5.13. The number of rotatable bonds is 6. The number of benzene rings is 3. The van der Waals surface area contributed by atoms with Crippen LogP contribution < -0.4 is 10.3 Å². The van der Waals surface area contributed by atoms with E-state index in [4.69, 9.17) is 0 Å². The Kier molecular flexibility index (Phi) is 6.52. The van der Waals surface area contributed by atoms with Gasteiger partial charge in [0.1, 0.15) is 5.82 Å². The number of nitrogens with one attached hydrogen (secondary N) is 1. The van der Waals surface area contributed by atoms with Gasteiger partial charge in [-0.1, -0.05) is 29.8 Å². The molecule has 0 radical (unpaired) electrons. The van der Waals surface area contributed by atoms with Crippen molar-refractivity contribution in [3.8, 4) is 5.69 Å². The monoisotopic (exact) mass is 501 g/mol. The minimum Gasteiger partial charge on any atom is -0.268 e. The maximum Gasteiger partial charge on any atom is 0.416 e. The van der Waals surface area contributed by atoms with Crippen molar-refractivity contribution < 1.29 is 21.6 Å². The first-order valence-corrected chi connectivity index (χ1v) is 12.2. The van der Waals surface area contributed by atoms with Crippen LogP contribution in [0.3, 0.4) is 0 Å². The summed E-state index contributed by atoms with van der Waals surface area (Å²) in [5.41, 5.74) is 1.80. The maximum absolute atomic E-state index is 13.4. The van der Waals surface area contributed by atoms with Crippen molar-refractivity contribution in [3.05, 3.63) is 99.6 Å². The molecule has 0 fully saturated rings. The lowest BCUT2D eigenvalue weighted by atomic mass is 10.1. The van der Waals surface area contributed by atoms with Gasteiger partial charge in [0.05, 0.1) is 27.0 Å². The molecule has 0 aliphatic heterocycles. The molecule has 0 atom stereocenters. The van der Waals surface area contributed by atoms with Gasteiger partial charge >= 0.3 is 6.18 Å². The van der Waals surface area contributed by atoms with Gasteiger partial charge < -0.3 is 0 Å². The molecule has 4 rings (SSSR count). The number of nitrogens with zero attached hydrogens (tertiary/aromatic N) is 2. The van der Waals surface area contributed by atoms with E-state index in [1.54, 1.807) is 24.3 Å². The van der Waals surface area contributed by atoms with E-state index in [2.05, 4.69) is 9.71 Å². The molecule has 0 bridgehead atoms. The van der Waals surface area contributed by atoms with Gasteiger partial charge in [-0.2, -0.15) is 13.2 Å². The molecule has 0 amide bonds. The summed E-state index contributed by atoms with van der Waals surface area (Å²) in [5.74, 6) is 0.357. The highest BCUT2D eigenvalue weighted by Gasteiger charge is 2.30. The third-order valence-electron chi connectivity index (χ3n) is 5.57. The number of alkyl halides is 3. The van der Waals surface area contributed by atoms with E-state index in [0.717, 1.165) is 35.4 Å². The molecule has 6 nitrogen and oxygen atoms in total. The minimum atomic E-state index is -4.56. The normalized spacial score (nSPS) is 12.3. The molecule has 0 spiro atoms. The highest BCUT2D eigenvalue weighted by atomic mass is 32.2. The molecular weight excluding hydrogens is 479 g/mol. The van der Waals surface area contributed by atoms with Gasteiger partial charge in [-0.05, 0) is 61.9 Å². The van der Waals surface area contributed by atoms with Crippen molar-refractivity contribution in [1.29, 1.82) is 0 Å². The number of para-hydroxylation sites is 1. The van der Waals surface area contributed by atoms with Gasteiger partial charge in [0.2, 0.25) is 10.0 Å². The molecule has 182 valence electrons. The summed E-state index contributed by atoms with van der Waals surface area (Å²) in [6.07, 6.45) is -4.48. The average Bonchev–Trinajstić information content (AvgIpc) is 2.80. The molecule has 1 aromatic heterocycles. The fourth-order valence-corrected chi connectivity index (χ4v) is 4.89. The van der Waals surface area contributed by atoms with Crippen molar-refractivity contribution in [2.24, 2.45) is 0 Å². The first-order valence-electron chi connectivity index (χ1n) is 10.7. The standard InChI is InChI=1S/C25H22F3N3O3S/c1-16-7-12-22(17(2)15-16)31-23(30-21-6-4-3-5-20(21)24(31)32)13-14-29-35(33,34)19-10-8-18(9-11-19)25(26,27)28/h3-12,15,29H,13-14H2,1-2H3. The van der Waals surface area contributed by atoms with Crippen LogP contribution in [0, 0.1) is 13.8 Å². The zero-order valence-corrected chi connectivity index (χ0v) is 19.7. The molecule has 3 aromatic carbocycles. The number of sulfonamides is 1. The van der Waals surface area contributed by atoms with Crippen LogP contribution >= 0.6 is 0 Å². The summed E-state index contributed by atoms with van der Waals surface area (Å²) < 4.78 is 67.5. The lowest BCUT2D eigenvalue weighted by Crippen LogP contribution is -2.30. The van der Waals surface area contributed by atoms with E-state index < -0.39 is 21.8 Å². The molecule has 0 saturated heterocycles. The van der Waals surface area contributed by atoms with E-state index >= 15 is 0 Å². The largest absolute Gasteiger partial charge is 0.416 e. The van der Waals surface area contributed by atoms with E-state index in [1.165, 1.54) is 4.57 Å². The molecule has 4 aromatic rings. The fraction of sp³-hybridized carbons (Fsp3) is 0.200. The second kappa shape index (κ2) is 9.27. The summed E-state index contributed by atoms with van der Waals surface area (Å²) in [7, 11) is -4.07. The lowest BCUT2D eigenvalue weighted by Gasteiger charge is -2.16. The minimum absolute atomic E-state index is 0.0766. The van der Waals surface area contributed by atoms with Crippen LogP contribution in [0.4, 0.5) is 13.2 Å². The summed E-state index contributed by atoms with van der Waals surface area (Å²) in [4.78, 5) is 17.7. The molecule has 35 heavy (non-hydrogen) atoms. The smallest absolute Gasteiger partial charge is 0.268 e. The Morgan fingerprint density at radius 2 is 1.66 bits per heavy atom. The average molecular weight is 502 g/mol. The second-order valence-electron chi connectivity index (χ2n) is 8.15. The Morgan fingerprint density at radius 3 is 2.31 bits per heavy atom. The van der Waals surface area contributed by atoms with Gasteiger partial charge in [-0.15, -0.1) is 0 Å². The second-order valence-corrected chi connectivity index (χ2v) is 9.91. The molecule has 0 unspecified atom stereocenters. The topological polar surface area (TPSA) is 81.1 Å². The summed E-state index contributed by atoms with van der Waals surface area (Å²) >= 11 is 0. The van der Waals surface area contributed by atoms with Gasteiger partial charge in [-0.25, -0.2) is 18.1 Å². The molecule has 10 heteroatoms. The quantitative estimate of drug-likeness (QED) is 0.421. The van der Waals surface area contributed by atoms with Gasteiger partial charge in [-0.3, -0.25) is 9.36 Å². The SMILES string of the molecule is Cc1ccc(-n2c(CCNS(=O)(=O)c3ccc(C(F)(F)F)cc3)nc3ccccc3c2=O)c(C)c1. The highest BCUT2D eigenvalue weighted by molar-refractivity contribution is 7.89. The van der Waals surface area contributed by atoms with Crippen molar-refractivity contribution in [1.82, 2.24) is 14.3 Å². The van der Waals surface area contributed by atoms with Crippen molar-refractivity contribution in [3.63, 3.8) is 0 Å². The van der Waals surface area contributed by atoms with Crippen molar-refractivity contribution in [2.45, 2.75) is 31.3 Å². The number of aryl methyl sites for hydroxylation is 2. The number of halogens is 3. The Balaban J connectivity index is 1.66. The Hall–Kier alpha value is -3.50. The van der Waals surface area contributed by atoms with E-state index in [1.807, 2.05) is 32.0 Å². The van der Waals surface area contributed by atoms with Crippen LogP contribution in [0.5, 0.6) is 0 Å². The van der Waals surface area contributed by atoms with E-state index in [0.29, 0.717) is 22.4 Å². The van der Waals surface area contributed by atoms with Crippen molar-refractivity contribution >= 4 is 20.9 Å². The summed E-state index contributed by atoms with van der Waals surface area (Å²) in [5, 5.41) is 0.432. The number of hydrogen-bond donors (Lipinski definition) is 1. The van der Waals surface area contributed by atoms with Crippen LogP contribution in [0.15, 0.2) is 76.4 Å². The van der Waals surface area contributed by atoms with Crippen LogP contribution in [0.25, 0.3) is 16.6 Å². The molecule has 0 aliphatic carbocycles. The molecular formula is C25H22F3N3O3S. The Labute approximate surface area is 200 Å². The predicted molar refractivity (Wildman–Crippen MR) is 127 cm³/mol. The van der Waals surface area contributed by atoms with Crippen molar-refractivity contribution in [2.75, 3.05) is 6.54 Å². The molecule has 0 saturated carbocycles. The third-order valence-corrected chi connectivity index (χ3v) is 7.05. The van der Waals surface area contributed by atoms with Crippen LogP contribution in [-0.4, -0.2) is 24.5 Å². The van der Waals surface area contributed by atoms with Gasteiger partial charge in [0.15, 0.2) is 0 Å². The van der Waals surface area contributed by atoms with Crippen LogP contribution in [0.2, 0.25) is 0 Å². The highest BCUT2D eigenvalue weighted by Crippen LogP contribution is 2.29. The Morgan fingerprint density at radius 1 is 0.971 bits per heavy atom. The molecule has 0 aliphatic rings.